The van der Waals surface area contributed by atoms with E-state index in [4.69, 9.17) is 5.11 Å². The van der Waals surface area contributed by atoms with Crippen LogP contribution in [0.5, 0.6) is 0 Å². The van der Waals surface area contributed by atoms with Crippen molar-refractivity contribution in [2.75, 3.05) is 22.9 Å². The van der Waals surface area contributed by atoms with Gasteiger partial charge in [0.1, 0.15) is 0 Å². The molecule has 10 heteroatoms. The molecule has 148 valence electrons. The number of carboxylic acids is 1. The number of amides is 1. The molecule has 1 N–H and O–H groups in total. The van der Waals surface area contributed by atoms with Crippen LogP contribution in [0.2, 0.25) is 0 Å². The Hall–Kier alpha value is -3.17. The summed E-state index contributed by atoms with van der Waals surface area (Å²) in [5.74, 6) is -2.53. The number of nitrogens with zero attached hydrogens (tertiary/aromatic N) is 4. The number of rotatable bonds is 4. The molecular formula is C18H17F3N4O3. The molecule has 0 unspecified atom stereocenters. The molecule has 3 rings (SSSR count). The number of para-hydroxylation sites is 1. The van der Waals surface area contributed by atoms with Gasteiger partial charge in [-0.05, 0) is 37.1 Å². The Morgan fingerprint density at radius 2 is 1.68 bits per heavy atom. The van der Waals surface area contributed by atoms with E-state index >= 15 is 0 Å². The maximum Gasteiger partial charge on any atom is 0.491 e. The quantitative estimate of drug-likeness (QED) is 0.803. The van der Waals surface area contributed by atoms with E-state index in [2.05, 4.69) is 10.2 Å². The van der Waals surface area contributed by atoms with Gasteiger partial charge in [0.25, 0.3) is 0 Å². The Bertz CT molecular complexity index is 835. The fraction of sp³-hybridized carbons (Fsp3) is 0.333. The molecule has 2 heterocycles. The summed E-state index contributed by atoms with van der Waals surface area (Å²) in [7, 11) is 0. The van der Waals surface area contributed by atoms with Gasteiger partial charge in [0.15, 0.2) is 11.5 Å². The van der Waals surface area contributed by atoms with Gasteiger partial charge in [-0.15, -0.1) is 23.4 Å². The third-order valence-corrected chi connectivity index (χ3v) is 4.53. The Labute approximate surface area is 158 Å². The number of carbonyl (C=O) groups excluding carboxylic acids is 1. The van der Waals surface area contributed by atoms with Crippen molar-refractivity contribution in [2.24, 2.45) is 5.92 Å². The topological polar surface area (TPSA) is 86.6 Å². The van der Waals surface area contributed by atoms with E-state index < -0.39 is 24.1 Å². The average molecular weight is 394 g/mol. The lowest BCUT2D eigenvalue weighted by molar-refractivity contribution is -0.153. The van der Waals surface area contributed by atoms with E-state index in [0.717, 1.165) is 0 Å². The highest BCUT2D eigenvalue weighted by Crippen LogP contribution is 2.32. The molecule has 0 radical (unpaired) electrons. The van der Waals surface area contributed by atoms with E-state index in [1.807, 2.05) is 0 Å². The molecule has 1 saturated heterocycles. The van der Waals surface area contributed by atoms with Gasteiger partial charge >= 0.3 is 12.3 Å². The van der Waals surface area contributed by atoms with Crippen molar-refractivity contribution in [3.05, 3.63) is 48.2 Å². The van der Waals surface area contributed by atoms with Crippen molar-refractivity contribution in [3.8, 4) is 0 Å². The molecular weight excluding hydrogens is 377 g/mol. The molecule has 2 aromatic rings. The molecule has 1 aromatic carbocycles. The number of hydrogen-bond donors (Lipinski definition) is 1. The first kappa shape index (κ1) is 19.6. The van der Waals surface area contributed by atoms with Crippen LogP contribution in [-0.4, -0.2) is 46.6 Å². The highest BCUT2D eigenvalue weighted by atomic mass is 19.4. The van der Waals surface area contributed by atoms with Crippen LogP contribution in [0.15, 0.2) is 42.5 Å². The Morgan fingerprint density at radius 1 is 1.04 bits per heavy atom. The third kappa shape index (κ3) is 4.21. The molecule has 0 spiro atoms. The van der Waals surface area contributed by atoms with Crippen molar-refractivity contribution < 1.29 is 27.9 Å². The van der Waals surface area contributed by atoms with Crippen LogP contribution in [0.4, 0.5) is 24.7 Å². The van der Waals surface area contributed by atoms with Gasteiger partial charge in [-0.2, -0.15) is 0 Å². The third-order valence-electron chi connectivity index (χ3n) is 4.53. The SMILES string of the molecule is O=C(O)c1ccc(N2CCC(C(=O)N(c3ccccc3)C(F)(F)F)CC2)nn1. The highest BCUT2D eigenvalue weighted by Gasteiger charge is 2.45. The zero-order chi connectivity index (χ0) is 20.3. The van der Waals surface area contributed by atoms with Crippen molar-refractivity contribution in [1.82, 2.24) is 10.2 Å². The van der Waals surface area contributed by atoms with Crippen molar-refractivity contribution in [1.29, 1.82) is 0 Å². The van der Waals surface area contributed by atoms with Crippen LogP contribution in [0, 0.1) is 5.92 Å². The molecule has 0 saturated carbocycles. The lowest BCUT2D eigenvalue weighted by Crippen LogP contribution is -2.49. The van der Waals surface area contributed by atoms with Crippen molar-refractivity contribution in [2.45, 2.75) is 19.1 Å². The second-order valence-electron chi connectivity index (χ2n) is 6.32. The molecule has 1 amide bonds. The van der Waals surface area contributed by atoms with Crippen molar-refractivity contribution >= 4 is 23.4 Å². The smallest absolute Gasteiger partial charge is 0.476 e. The number of aromatic nitrogens is 2. The van der Waals surface area contributed by atoms with Gasteiger partial charge in [-0.25, -0.2) is 9.69 Å². The average Bonchev–Trinajstić information content (AvgIpc) is 2.68. The lowest BCUT2D eigenvalue weighted by atomic mass is 9.95. The van der Waals surface area contributed by atoms with Gasteiger partial charge in [-0.1, -0.05) is 18.2 Å². The summed E-state index contributed by atoms with van der Waals surface area (Å²) in [6.07, 6.45) is -4.37. The number of alkyl halides is 3. The van der Waals surface area contributed by atoms with Crippen LogP contribution < -0.4 is 9.80 Å². The van der Waals surface area contributed by atoms with Gasteiger partial charge in [0.2, 0.25) is 5.91 Å². The maximum atomic E-state index is 13.5. The summed E-state index contributed by atoms with van der Waals surface area (Å²) < 4.78 is 40.5. The summed E-state index contributed by atoms with van der Waals surface area (Å²) in [5, 5.41) is 16.3. The largest absolute Gasteiger partial charge is 0.491 e. The number of carbonyl (C=O) groups is 2. The molecule has 1 fully saturated rings. The minimum atomic E-state index is -4.81. The van der Waals surface area contributed by atoms with E-state index in [9.17, 15) is 22.8 Å². The fourth-order valence-corrected chi connectivity index (χ4v) is 3.12. The molecule has 7 nitrogen and oxygen atoms in total. The Balaban J connectivity index is 1.69. The first-order valence-corrected chi connectivity index (χ1v) is 8.55. The lowest BCUT2D eigenvalue weighted by Gasteiger charge is -2.35. The number of halogens is 3. The normalized spacial score (nSPS) is 15.3. The number of benzene rings is 1. The molecule has 0 aliphatic carbocycles. The second-order valence-corrected chi connectivity index (χ2v) is 6.32. The minimum absolute atomic E-state index is 0.102. The van der Waals surface area contributed by atoms with Crippen LogP contribution in [0.1, 0.15) is 23.3 Å². The Kier molecular flexibility index (Phi) is 5.48. The zero-order valence-corrected chi connectivity index (χ0v) is 14.6. The van der Waals surface area contributed by atoms with Gasteiger partial charge in [0.05, 0.1) is 5.69 Å². The summed E-state index contributed by atoms with van der Waals surface area (Å²) in [5.41, 5.74) is -0.407. The standard InChI is InChI=1S/C18H17F3N4O3/c19-18(20,21)25(13-4-2-1-3-5-13)16(26)12-8-10-24(11-9-12)15-7-6-14(17(27)28)22-23-15/h1-7,12H,8-11H2,(H,27,28). The molecule has 1 aliphatic rings. The fourth-order valence-electron chi connectivity index (χ4n) is 3.12. The summed E-state index contributed by atoms with van der Waals surface area (Å²) in [6, 6.07) is 9.78. The predicted molar refractivity (Wildman–Crippen MR) is 93.9 cm³/mol. The maximum absolute atomic E-state index is 13.5. The number of piperidine rings is 1. The number of carboxylic acid groups (broad SMARTS) is 1. The molecule has 0 bridgehead atoms. The van der Waals surface area contributed by atoms with Gasteiger partial charge in [-0.3, -0.25) is 4.79 Å². The van der Waals surface area contributed by atoms with Crippen LogP contribution in [0.25, 0.3) is 0 Å². The first-order chi connectivity index (χ1) is 13.3. The predicted octanol–water partition coefficient (Wildman–Crippen LogP) is 2.94. The monoisotopic (exact) mass is 394 g/mol. The van der Waals surface area contributed by atoms with E-state index in [0.29, 0.717) is 18.9 Å². The van der Waals surface area contributed by atoms with Crippen molar-refractivity contribution in [3.63, 3.8) is 0 Å². The minimum Gasteiger partial charge on any atom is -0.476 e. The van der Waals surface area contributed by atoms with E-state index in [1.54, 1.807) is 11.0 Å². The van der Waals surface area contributed by atoms with Gasteiger partial charge in [0, 0.05) is 19.0 Å². The number of anilines is 2. The zero-order valence-electron chi connectivity index (χ0n) is 14.6. The Morgan fingerprint density at radius 3 is 2.18 bits per heavy atom. The molecule has 1 aliphatic heterocycles. The number of aromatic carboxylic acids is 1. The van der Waals surface area contributed by atoms with E-state index in [-0.39, 0.29) is 29.1 Å². The molecule has 28 heavy (non-hydrogen) atoms. The molecule has 1 aromatic heterocycles. The van der Waals surface area contributed by atoms with Crippen LogP contribution >= 0.6 is 0 Å². The van der Waals surface area contributed by atoms with Crippen LogP contribution in [-0.2, 0) is 4.79 Å². The van der Waals surface area contributed by atoms with E-state index in [1.165, 1.54) is 36.4 Å². The molecule has 0 atom stereocenters. The van der Waals surface area contributed by atoms with Crippen LogP contribution in [0.3, 0.4) is 0 Å². The summed E-state index contributed by atoms with van der Waals surface area (Å²) in [6.45, 7) is 0.635. The first-order valence-electron chi connectivity index (χ1n) is 8.55. The summed E-state index contributed by atoms with van der Waals surface area (Å²) in [4.78, 5) is 25.1. The number of hydrogen-bond acceptors (Lipinski definition) is 5. The summed E-state index contributed by atoms with van der Waals surface area (Å²) >= 11 is 0. The second kappa shape index (κ2) is 7.83. The van der Waals surface area contributed by atoms with Gasteiger partial charge < -0.3 is 10.0 Å². The highest BCUT2D eigenvalue weighted by molar-refractivity contribution is 5.95.